The third-order valence-corrected chi connectivity index (χ3v) is 2.74. The average molecular weight is 305 g/mol. The first kappa shape index (κ1) is 15.0. The number of esters is 1. The molecule has 0 spiro atoms. The molecule has 6 heteroatoms. The van der Waals surface area contributed by atoms with Crippen molar-refractivity contribution in [1.82, 2.24) is 0 Å². The van der Waals surface area contributed by atoms with Crippen LogP contribution in [0.1, 0.15) is 15.9 Å². The van der Waals surface area contributed by atoms with Crippen LogP contribution in [0.5, 0.6) is 5.75 Å². The van der Waals surface area contributed by atoms with Crippen molar-refractivity contribution in [2.24, 2.45) is 4.99 Å². The fraction of sp³-hybridized carbons (Fsp3) is 0.0667. The number of isothiocyanates is 1. The summed E-state index contributed by atoms with van der Waals surface area (Å²) in [6.07, 6.45) is 0. The number of aliphatic imine (C=N–C) groups is 1. The molecule has 2 aromatic rings. The van der Waals surface area contributed by atoms with E-state index >= 15 is 0 Å². The van der Waals surface area contributed by atoms with Gasteiger partial charge in [-0.2, -0.15) is 4.99 Å². The summed E-state index contributed by atoms with van der Waals surface area (Å²) in [6, 6.07) is 8.32. The zero-order valence-corrected chi connectivity index (χ0v) is 11.7. The van der Waals surface area contributed by atoms with Gasteiger partial charge in [-0.25, -0.2) is 13.6 Å². The predicted molar refractivity (Wildman–Crippen MR) is 77.2 cm³/mol. The third-order valence-electron chi connectivity index (χ3n) is 2.65. The van der Waals surface area contributed by atoms with Crippen molar-refractivity contribution in [3.8, 4) is 5.75 Å². The Bertz CT molecular complexity index is 715. The first-order valence-electron chi connectivity index (χ1n) is 5.87. The summed E-state index contributed by atoms with van der Waals surface area (Å²) in [4.78, 5) is 15.1. The maximum atomic E-state index is 13.6. The number of ether oxygens (including phenoxy) is 1. The van der Waals surface area contributed by atoms with Crippen LogP contribution in [0.15, 0.2) is 41.4 Å². The summed E-state index contributed by atoms with van der Waals surface area (Å²) in [5.41, 5.74) is 0.688. The zero-order chi connectivity index (χ0) is 15.4. The Balaban J connectivity index is 2.26. The molecule has 21 heavy (non-hydrogen) atoms. The molecular weight excluding hydrogens is 296 g/mol. The lowest BCUT2D eigenvalue weighted by Gasteiger charge is -2.06. The molecule has 0 unspecified atom stereocenters. The number of thiocarbonyl (C=S) groups is 1. The van der Waals surface area contributed by atoms with Crippen molar-refractivity contribution in [3.63, 3.8) is 0 Å². The highest BCUT2D eigenvalue weighted by atomic mass is 32.1. The first-order chi connectivity index (χ1) is 10.0. The minimum absolute atomic E-state index is 0.251. The number of hydrogen-bond donors (Lipinski definition) is 0. The smallest absolute Gasteiger partial charge is 0.343 e. The van der Waals surface area contributed by atoms with Crippen molar-refractivity contribution in [2.45, 2.75) is 6.92 Å². The van der Waals surface area contributed by atoms with E-state index in [0.717, 1.165) is 17.7 Å². The summed E-state index contributed by atoms with van der Waals surface area (Å²) >= 11 is 4.30. The van der Waals surface area contributed by atoms with E-state index in [9.17, 15) is 13.6 Å². The van der Waals surface area contributed by atoms with Gasteiger partial charge in [0, 0.05) is 12.1 Å². The van der Waals surface area contributed by atoms with Crippen LogP contribution in [-0.4, -0.2) is 11.1 Å². The van der Waals surface area contributed by atoms with Crippen LogP contribution in [-0.2, 0) is 0 Å². The van der Waals surface area contributed by atoms with Crippen molar-refractivity contribution < 1.29 is 18.3 Å². The number of aryl methyl sites for hydroxylation is 1. The summed E-state index contributed by atoms with van der Waals surface area (Å²) < 4.78 is 32.1. The Kier molecular flexibility index (Phi) is 4.52. The van der Waals surface area contributed by atoms with Crippen LogP contribution >= 0.6 is 12.2 Å². The Hall–Kier alpha value is -2.43. The van der Waals surface area contributed by atoms with Gasteiger partial charge in [0.25, 0.3) is 0 Å². The summed E-state index contributed by atoms with van der Waals surface area (Å²) in [5.74, 6) is -2.93. The molecule has 0 aliphatic heterocycles. The highest BCUT2D eigenvalue weighted by Crippen LogP contribution is 2.27. The van der Waals surface area contributed by atoms with Crippen molar-refractivity contribution in [3.05, 3.63) is 59.2 Å². The summed E-state index contributed by atoms with van der Waals surface area (Å²) in [7, 11) is 0. The SMILES string of the molecule is Cc1ccc(C(=O)Oc2cc(F)c(N=C=S)c(F)c2)cc1. The molecule has 0 atom stereocenters. The predicted octanol–water partition coefficient (Wildman–Crippen LogP) is 4.23. The molecule has 0 aliphatic rings. The number of hydrogen-bond acceptors (Lipinski definition) is 4. The van der Waals surface area contributed by atoms with E-state index in [-0.39, 0.29) is 11.3 Å². The van der Waals surface area contributed by atoms with Gasteiger partial charge in [-0.15, -0.1) is 0 Å². The lowest BCUT2D eigenvalue weighted by atomic mass is 10.1. The second-order valence-corrected chi connectivity index (χ2v) is 4.38. The third kappa shape index (κ3) is 3.56. The Morgan fingerprint density at radius 2 is 1.76 bits per heavy atom. The number of nitrogens with zero attached hydrogens (tertiary/aromatic N) is 1. The molecule has 0 radical (unpaired) electrons. The van der Waals surface area contributed by atoms with Crippen LogP contribution in [0, 0.1) is 18.6 Å². The van der Waals surface area contributed by atoms with Crippen LogP contribution in [0.25, 0.3) is 0 Å². The molecule has 2 rings (SSSR count). The fourth-order valence-corrected chi connectivity index (χ4v) is 1.70. The second kappa shape index (κ2) is 6.35. The average Bonchev–Trinajstić information content (AvgIpc) is 2.43. The molecule has 0 N–H and O–H groups in total. The molecule has 0 amide bonds. The molecular formula is C15H9F2NO2S. The Morgan fingerprint density at radius 3 is 2.29 bits per heavy atom. The van der Waals surface area contributed by atoms with Gasteiger partial charge in [0.15, 0.2) is 11.6 Å². The van der Waals surface area contributed by atoms with E-state index in [4.69, 9.17) is 4.74 Å². The van der Waals surface area contributed by atoms with Crippen LogP contribution < -0.4 is 4.74 Å². The van der Waals surface area contributed by atoms with E-state index in [1.807, 2.05) is 12.1 Å². The molecule has 0 heterocycles. The maximum absolute atomic E-state index is 13.6. The minimum Gasteiger partial charge on any atom is -0.423 e. The minimum atomic E-state index is -0.987. The molecule has 0 aromatic heterocycles. The number of halogens is 2. The summed E-state index contributed by atoms with van der Waals surface area (Å²) in [6.45, 7) is 1.87. The van der Waals surface area contributed by atoms with Crippen molar-refractivity contribution in [1.29, 1.82) is 0 Å². The molecule has 106 valence electrons. The first-order valence-corrected chi connectivity index (χ1v) is 6.28. The molecule has 0 saturated heterocycles. The van der Waals surface area contributed by atoms with E-state index in [0.29, 0.717) is 0 Å². The number of benzene rings is 2. The second-order valence-electron chi connectivity index (χ2n) is 4.19. The van der Waals surface area contributed by atoms with Crippen molar-refractivity contribution in [2.75, 3.05) is 0 Å². The van der Waals surface area contributed by atoms with Gasteiger partial charge in [0.2, 0.25) is 0 Å². The van der Waals surface area contributed by atoms with Crippen LogP contribution in [0.4, 0.5) is 14.5 Å². The van der Waals surface area contributed by atoms with Crippen LogP contribution in [0.3, 0.4) is 0 Å². The molecule has 3 nitrogen and oxygen atoms in total. The lowest BCUT2D eigenvalue weighted by Crippen LogP contribution is -2.08. The van der Waals surface area contributed by atoms with Gasteiger partial charge in [0.05, 0.1) is 10.7 Å². The topological polar surface area (TPSA) is 38.7 Å². The van der Waals surface area contributed by atoms with Gasteiger partial charge < -0.3 is 4.74 Å². The molecule has 2 aromatic carbocycles. The normalized spacial score (nSPS) is 9.86. The van der Waals surface area contributed by atoms with Gasteiger partial charge in [-0.1, -0.05) is 17.7 Å². The standard InChI is InChI=1S/C15H9F2NO2S/c1-9-2-4-10(5-3-9)15(19)20-11-6-12(16)14(18-8-21)13(17)7-11/h2-7H,1H3. The van der Waals surface area contributed by atoms with E-state index in [1.54, 1.807) is 24.3 Å². The number of carbonyl (C=O) groups excluding carboxylic acids is 1. The van der Waals surface area contributed by atoms with E-state index in [1.165, 1.54) is 0 Å². The summed E-state index contributed by atoms with van der Waals surface area (Å²) in [5, 5.41) is 1.88. The quantitative estimate of drug-likeness (QED) is 0.369. The Labute approximate surface area is 124 Å². The number of carbonyl (C=O) groups is 1. The lowest BCUT2D eigenvalue weighted by molar-refractivity contribution is 0.0734. The largest absolute Gasteiger partial charge is 0.423 e. The molecule has 0 bridgehead atoms. The highest BCUT2D eigenvalue weighted by Gasteiger charge is 2.14. The van der Waals surface area contributed by atoms with E-state index < -0.39 is 23.3 Å². The van der Waals surface area contributed by atoms with E-state index in [2.05, 4.69) is 17.2 Å². The van der Waals surface area contributed by atoms with Gasteiger partial charge >= 0.3 is 5.97 Å². The Morgan fingerprint density at radius 1 is 1.19 bits per heavy atom. The zero-order valence-electron chi connectivity index (χ0n) is 10.9. The van der Waals surface area contributed by atoms with Gasteiger partial charge in [-0.05, 0) is 31.3 Å². The fourth-order valence-electron chi connectivity index (χ4n) is 1.61. The van der Waals surface area contributed by atoms with Crippen molar-refractivity contribution >= 4 is 29.0 Å². The van der Waals surface area contributed by atoms with Gasteiger partial charge in [-0.3, -0.25) is 0 Å². The molecule has 0 saturated carbocycles. The highest BCUT2D eigenvalue weighted by molar-refractivity contribution is 7.78. The molecule has 0 aliphatic carbocycles. The molecule has 0 fully saturated rings. The van der Waals surface area contributed by atoms with Gasteiger partial charge in [0.1, 0.15) is 11.4 Å². The number of rotatable bonds is 3. The van der Waals surface area contributed by atoms with Crippen LogP contribution in [0.2, 0.25) is 0 Å². The maximum Gasteiger partial charge on any atom is 0.343 e. The monoisotopic (exact) mass is 305 g/mol.